The Balaban J connectivity index is 1.63. The largest absolute Gasteiger partial charge is 0.493 e. The van der Waals surface area contributed by atoms with Crippen molar-refractivity contribution in [1.29, 1.82) is 0 Å². The molecule has 0 aromatic heterocycles. The summed E-state index contributed by atoms with van der Waals surface area (Å²) in [7, 11) is 1.65. The molecule has 2 aliphatic rings. The van der Waals surface area contributed by atoms with Gasteiger partial charge in [0.25, 0.3) is 0 Å². The van der Waals surface area contributed by atoms with Gasteiger partial charge in [-0.05, 0) is 30.5 Å². The minimum atomic E-state index is 0.356. The van der Waals surface area contributed by atoms with Crippen molar-refractivity contribution in [3.63, 3.8) is 0 Å². The molecule has 5 nitrogen and oxygen atoms in total. The molecular formula is C15H21NO4. The summed E-state index contributed by atoms with van der Waals surface area (Å²) in [5.41, 5.74) is 1.13. The Hall–Kier alpha value is -1.46. The van der Waals surface area contributed by atoms with E-state index in [-0.39, 0.29) is 0 Å². The lowest BCUT2D eigenvalue weighted by molar-refractivity contribution is 0.110. The number of nitrogens with one attached hydrogen (secondary N) is 1. The molecule has 1 aromatic rings. The van der Waals surface area contributed by atoms with Gasteiger partial charge in [-0.1, -0.05) is 0 Å². The Labute approximate surface area is 119 Å². The first-order valence-electron chi connectivity index (χ1n) is 7.15. The van der Waals surface area contributed by atoms with Crippen LogP contribution in [0.1, 0.15) is 18.4 Å². The summed E-state index contributed by atoms with van der Waals surface area (Å²) in [5.74, 6) is 2.21. The first-order valence-corrected chi connectivity index (χ1v) is 7.15. The van der Waals surface area contributed by atoms with Crippen LogP contribution in [0.2, 0.25) is 0 Å². The van der Waals surface area contributed by atoms with Gasteiger partial charge in [0.2, 0.25) is 5.75 Å². The van der Waals surface area contributed by atoms with Crippen LogP contribution in [0.15, 0.2) is 12.1 Å². The minimum Gasteiger partial charge on any atom is -0.493 e. The maximum atomic E-state index is 5.63. The highest BCUT2D eigenvalue weighted by molar-refractivity contribution is 5.54. The predicted octanol–water partition coefficient (Wildman–Crippen LogP) is 1.73. The summed E-state index contributed by atoms with van der Waals surface area (Å²) in [6.45, 7) is 3.71. The summed E-state index contributed by atoms with van der Waals surface area (Å²) in [6.07, 6.45) is 2.68. The second-order valence-electron chi connectivity index (χ2n) is 5.09. The lowest BCUT2D eigenvalue weighted by atomic mass is 10.1. The molecule has 3 rings (SSSR count). The maximum Gasteiger partial charge on any atom is 0.203 e. The molecule has 0 bridgehead atoms. The maximum absolute atomic E-state index is 5.63. The molecule has 0 amide bonds. The number of rotatable bonds is 5. The third-order valence-electron chi connectivity index (χ3n) is 3.61. The Kier molecular flexibility index (Phi) is 4.28. The van der Waals surface area contributed by atoms with Crippen molar-refractivity contribution < 1.29 is 18.9 Å². The second-order valence-corrected chi connectivity index (χ2v) is 5.09. The van der Waals surface area contributed by atoms with Crippen LogP contribution < -0.4 is 19.5 Å². The minimum absolute atomic E-state index is 0.356. The Morgan fingerprint density at radius 1 is 1.25 bits per heavy atom. The zero-order chi connectivity index (χ0) is 13.8. The van der Waals surface area contributed by atoms with Gasteiger partial charge < -0.3 is 24.3 Å². The van der Waals surface area contributed by atoms with Crippen molar-refractivity contribution in [2.45, 2.75) is 25.5 Å². The third-order valence-corrected chi connectivity index (χ3v) is 3.61. The molecule has 1 aromatic carbocycles. The van der Waals surface area contributed by atoms with E-state index in [0.29, 0.717) is 25.1 Å². The van der Waals surface area contributed by atoms with Crippen molar-refractivity contribution in [1.82, 2.24) is 5.32 Å². The summed E-state index contributed by atoms with van der Waals surface area (Å²) in [5, 5.41) is 3.42. The van der Waals surface area contributed by atoms with Crippen molar-refractivity contribution in [3.05, 3.63) is 17.7 Å². The van der Waals surface area contributed by atoms with Gasteiger partial charge in [-0.2, -0.15) is 0 Å². The van der Waals surface area contributed by atoms with E-state index in [2.05, 4.69) is 5.32 Å². The lowest BCUT2D eigenvalue weighted by Crippen LogP contribution is -2.26. The number of ether oxygens (including phenoxy) is 4. The van der Waals surface area contributed by atoms with Gasteiger partial charge in [-0.25, -0.2) is 0 Å². The molecule has 1 fully saturated rings. The third kappa shape index (κ3) is 2.99. The highest BCUT2D eigenvalue weighted by Gasteiger charge is 2.19. The van der Waals surface area contributed by atoms with Crippen molar-refractivity contribution in [3.8, 4) is 17.2 Å². The van der Waals surface area contributed by atoms with E-state index in [1.807, 2.05) is 12.1 Å². The van der Waals surface area contributed by atoms with Crippen LogP contribution in [0, 0.1) is 0 Å². The fraction of sp³-hybridized carbons (Fsp3) is 0.600. The van der Waals surface area contributed by atoms with Gasteiger partial charge in [-0.3, -0.25) is 0 Å². The number of hydrogen-bond donors (Lipinski definition) is 1. The normalized spacial score (nSPS) is 20.9. The number of benzene rings is 1. The van der Waals surface area contributed by atoms with E-state index in [1.165, 1.54) is 6.42 Å². The average molecular weight is 279 g/mol. The quantitative estimate of drug-likeness (QED) is 0.889. The molecule has 110 valence electrons. The molecule has 1 N–H and O–H groups in total. The van der Waals surface area contributed by atoms with Gasteiger partial charge in [0.05, 0.1) is 13.2 Å². The zero-order valence-electron chi connectivity index (χ0n) is 11.8. The molecule has 1 unspecified atom stereocenters. The fourth-order valence-electron chi connectivity index (χ4n) is 2.61. The van der Waals surface area contributed by atoms with Gasteiger partial charge in [0, 0.05) is 19.7 Å². The highest BCUT2D eigenvalue weighted by atomic mass is 16.6. The van der Waals surface area contributed by atoms with Crippen LogP contribution in [0.5, 0.6) is 17.2 Å². The fourth-order valence-corrected chi connectivity index (χ4v) is 2.61. The van der Waals surface area contributed by atoms with Crippen molar-refractivity contribution in [2.75, 3.05) is 33.5 Å². The van der Waals surface area contributed by atoms with Crippen LogP contribution in [0.4, 0.5) is 0 Å². The molecule has 0 spiro atoms. The molecule has 2 heterocycles. The monoisotopic (exact) mass is 279 g/mol. The van der Waals surface area contributed by atoms with E-state index in [1.54, 1.807) is 7.11 Å². The average Bonchev–Trinajstić information content (AvgIpc) is 2.99. The van der Waals surface area contributed by atoms with Crippen LogP contribution in [-0.2, 0) is 11.3 Å². The zero-order valence-corrected chi connectivity index (χ0v) is 11.8. The summed E-state index contributed by atoms with van der Waals surface area (Å²) in [6, 6.07) is 4.01. The molecule has 0 saturated carbocycles. The van der Waals surface area contributed by atoms with E-state index >= 15 is 0 Å². The molecule has 20 heavy (non-hydrogen) atoms. The smallest absolute Gasteiger partial charge is 0.203 e. The van der Waals surface area contributed by atoms with Gasteiger partial charge in [-0.15, -0.1) is 0 Å². The molecule has 0 aliphatic carbocycles. The molecule has 0 radical (unpaired) electrons. The lowest BCUT2D eigenvalue weighted by Gasteiger charge is -2.21. The standard InChI is InChI=1S/C15H21NO4/c1-17-13-7-11(8-14-15(13)20-6-5-19-14)9-16-10-12-3-2-4-18-12/h7-8,12,16H,2-6,9-10H2,1H3. The first kappa shape index (κ1) is 13.5. The second kappa shape index (κ2) is 6.33. The Morgan fingerprint density at radius 2 is 2.15 bits per heavy atom. The molecule has 1 atom stereocenters. The number of methoxy groups -OCH3 is 1. The first-order chi connectivity index (χ1) is 9.86. The van der Waals surface area contributed by atoms with E-state index < -0.39 is 0 Å². The topological polar surface area (TPSA) is 49.0 Å². The Morgan fingerprint density at radius 3 is 2.95 bits per heavy atom. The molecule has 2 aliphatic heterocycles. The number of fused-ring (bicyclic) bond motifs is 1. The van der Waals surface area contributed by atoms with Gasteiger partial charge in [0.1, 0.15) is 13.2 Å². The summed E-state index contributed by atoms with van der Waals surface area (Å²) >= 11 is 0. The van der Waals surface area contributed by atoms with Crippen LogP contribution in [0.25, 0.3) is 0 Å². The Bertz CT molecular complexity index is 440. The van der Waals surface area contributed by atoms with Crippen molar-refractivity contribution in [2.24, 2.45) is 0 Å². The molecule has 5 heteroatoms. The molecule has 1 saturated heterocycles. The summed E-state index contributed by atoms with van der Waals surface area (Å²) in [4.78, 5) is 0. The predicted molar refractivity (Wildman–Crippen MR) is 74.7 cm³/mol. The summed E-state index contributed by atoms with van der Waals surface area (Å²) < 4.78 is 22.2. The SMILES string of the molecule is COc1cc(CNCC2CCCO2)cc2c1OCCO2. The van der Waals surface area contributed by atoms with Gasteiger partial charge >= 0.3 is 0 Å². The van der Waals surface area contributed by atoms with E-state index in [9.17, 15) is 0 Å². The van der Waals surface area contributed by atoms with E-state index in [0.717, 1.165) is 43.2 Å². The van der Waals surface area contributed by atoms with Crippen LogP contribution >= 0.6 is 0 Å². The van der Waals surface area contributed by atoms with Crippen molar-refractivity contribution >= 4 is 0 Å². The van der Waals surface area contributed by atoms with E-state index in [4.69, 9.17) is 18.9 Å². The highest BCUT2D eigenvalue weighted by Crippen LogP contribution is 2.40. The molecular weight excluding hydrogens is 258 g/mol. The van der Waals surface area contributed by atoms with Gasteiger partial charge in [0.15, 0.2) is 11.5 Å². The van der Waals surface area contributed by atoms with Crippen LogP contribution in [-0.4, -0.2) is 39.6 Å². The van der Waals surface area contributed by atoms with Crippen LogP contribution in [0.3, 0.4) is 0 Å². The number of hydrogen-bond acceptors (Lipinski definition) is 5.